The average molecular weight is 284 g/mol. The molecule has 3 heteroatoms. The molecule has 0 unspecified atom stereocenters. The van der Waals surface area contributed by atoms with Crippen molar-refractivity contribution in [2.45, 2.75) is 47.1 Å². The highest BCUT2D eigenvalue weighted by Crippen LogP contribution is 2.34. The number of carbonyl (C=O) groups is 1. The fourth-order valence-corrected chi connectivity index (χ4v) is 1.98. The van der Waals surface area contributed by atoms with Crippen molar-refractivity contribution < 1.29 is 4.79 Å². The predicted molar refractivity (Wildman–Crippen MR) is 87.7 cm³/mol. The maximum atomic E-state index is 12.1. The van der Waals surface area contributed by atoms with Crippen LogP contribution in [0.4, 0.5) is 0 Å². The van der Waals surface area contributed by atoms with Gasteiger partial charge in [0.1, 0.15) is 0 Å². The van der Waals surface area contributed by atoms with Crippen LogP contribution in [0.1, 0.15) is 57.5 Å². The zero-order valence-electron chi connectivity index (χ0n) is 13.7. The van der Waals surface area contributed by atoms with Crippen LogP contribution in [0.25, 0.3) is 10.4 Å². The number of carbonyl (C=O) groups excluding carboxylic acids is 1. The summed E-state index contributed by atoms with van der Waals surface area (Å²) in [7, 11) is 0. The Morgan fingerprint density at radius 2 is 1.52 bits per heavy atom. The smallest absolute Gasteiger partial charge is 0.251 e. The van der Waals surface area contributed by atoms with Crippen LogP contribution in [-0.2, 0) is 0 Å². The second-order valence-corrected chi connectivity index (χ2v) is 7.20. The lowest BCUT2D eigenvalue weighted by atomic mass is 9.82. The van der Waals surface area contributed by atoms with E-state index in [1.165, 1.54) is 0 Å². The highest BCUT2D eigenvalue weighted by atomic mass is 16.1. The number of nitrogens with zero attached hydrogens (tertiary/aromatic N) is 1. The Bertz CT molecular complexity index is 576. The van der Waals surface area contributed by atoms with Gasteiger partial charge in [0.25, 0.3) is 5.91 Å². The first-order valence-electron chi connectivity index (χ1n) is 7.05. The lowest BCUT2D eigenvalue weighted by molar-refractivity contribution is 0.0919. The molecule has 0 aliphatic heterocycles. The lowest BCUT2D eigenvalue weighted by Crippen LogP contribution is -2.40. The molecule has 3 nitrogen and oxygen atoms in total. The maximum absolute atomic E-state index is 12.1. The Kier molecular flexibility index (Phi) is 4.96. The summed E-state index contributed by atoms with van der Waals surface area (Å²) in [4.78, 5) is 15.5. The van der Waals surface area contributed by atoms with Crippen molar-refractivity contribution in [3.05, 3.63) is 53.0 Å². The van der Waals surface area contributed by atoms with Crippen LogP contribution in [0.3, 0.4) is 0 Å². The number of amides is 1. The average Bonchev–Trinajstić information content (AvgIpc) is 2.32. The third kappa shape index (κ3) is 5.07. The van der Waals surface area contributed by atoms with Gasteiger partial charge in [-0.1, -0.05) is 32.9 Å². The Morgan fingerprint density at radius 1 is 1.05 bits per heavy atom. The van der Waals surface area contributed by atoms with Crippen molar-refractivity contribution in [3.63, 3.8) is 0 Å². The Hall–Kier alpha value is -2.08. The summed E-state index contributed by atoms with van der Waals surface area (Å²) in [5.41, 5.74) is 2.21. The summed E-state index contributed by atoms with van der Waals surface area (Å²) in [6.07, 6.45) is 1.56. The van der Waals surface area contributed by atoms with E-state index in [0.29, 0.717) is 5.56 Å². The van der Waals surface area contributed by atoms with Crippen molar-refractivity contribution in [1.29, 1.82) is 0 Å². The highest BCUT2D eigenvalue weighted by Gasteiger charge is 2.19. The monoisotopic (exact) mass is 284 g/mol. The molecule has 1 aromatic carbocycles. The molecule has 0 fully saturated rings. The molecule has 0 heterocycles. The van der Waals surface area contributed by atoms with Crippen molar-refractivity contribution in [1.82, 2.24) is 5.32 Å². The first-order valence-corrected chi connectivity index (χ1v) is 7.05. The zero-order chi connectivity index (χ0) is 16.3. The van der Waals surface area contributed by atoms with Gasteiger partial charge in [0.2, 0.25) is 0 Å². The number of nitrogens with one attached hydrogen (secondary N) is 1. The van der Waals surface area contributed by atoms with Crippen LogP contribution in [0.2, 0.25) is 0 Å². The topological polar surface area (TPSA) is 33.5 Å². The van der Waals surface area contributed by atoms with Gasteiger partial charge in [0.15, 0.2) is 6.20 Å². The molecule has 0 spiro atoms. The lowest BCUT2D eigenvalue weighted by Gasteiger charge is -2.24. The summed E-state index contributed by atoms with van der Waals surface area (Å²) in [5.74, 6) is -0.0829. The molecule has 1 aromatic rings. The summed E-state index contributed by atoms with van der Waals surface area (Å²) >= 11 is 0. The molecule has 21 heavy (non-hydrogen) atoms. The molecule has 0 radical (unpaired) electrons. The van der Waals surface area contributed by atoms with E-state index >= 15 is 0 Å². The minimum Gasteiger partial charge on any atom is -0.347 e. The van der Waals surface area contributed by atoms with Gasteiger partial charge in [-0.2, -0.15) is 0 Å². The van der Waals surface area contributed by atoms with Gasteiger partial charge in [-0.05, 0) is 49.5 Å². The third-order valence-electron chi connectivity index (χ3n) is 2.95. The maximum Gasteiger partial charge on any atom is 0.251 e. The summed E-state index contributed by atoms with van der Waals surface area (Å²) in [6.45, 7) is 19.1. The highest BCUT2D eigenvalue weighted by molar-refractivity contribution is 5.95. The van der Waals surface area contributed by atoms with Gasteiger partial charge >= 0.3 is 0 Å². The molecule has 0 atom stereocenters. The van der Waals surface area contributed by atoms with Crippen molar-refractivity contribution in [2.24, 2.45) is 5.41 Å². The van der Waals surface area contributed by atoms with Gasteiger partial charge in [0, 0.05) is 11.1 Å². The third-order valence-corrected chi connectivity index (χ3v) is 2.95. The van der Waals surface area contributed by atoms with Crippen LogP contribution in [0.5, 0.6) is 0 Å². The molecule has 1 N–H and O–H groups in total. The molecular formula is C18H24N2O. The van der Waals surface area contributed by atoms with E-state index in [-0.39, 0.29) is 16.9 Å². The number of hydrogen-bond acceptors (Lipinski definition) is 1. The number of benzene rings is 1. The molecule has 0 saturated heterocycles. The summed E-state index contributed by atoms with van der Waals surface area (Å²) < 4.78 is 0. The summed E-state index contributed by atoms with van der Waals surface area (Å²) in [5, 5.41) is 2.94. The largest absolute Gasteiger partial charge is 0.347 e. The normalized spacial score (nSPS) is 12.7. The molecule has 0 saturated carbocycles. The van der Waals surface area contributed by atoms with Crippen LogP contribution in [0.15, 0.2) is 30.5 Å². The second-order valence-electron chi connectivity index (χ2n) is 7.20. The minimum absolute atomic E-state index is 0.0829. The number of rotatable bonds is 2. The van der Waals surface area contributed by atoms with Crippen LogP contribution in [-0.4, -0.2) is 11.4 Å². The van der Waals surface area contributed by atoms with E-state index in [9.17, 15) is 4.79 Å². The van der Waals surface area contributed by atoms with Crippen molar-refractivity contribution >= 4 is 11.5 Å². The standard InChI is InChI=1S/C18H24N2O/c1-17(2,3)15(12-19-7)13-8-10-14(11-9-13)16(21)20-18(4,5)6/h8-12H,1-6H3,(H,20,21)/b15-12-. The van der Waals surface area contributed by atoms with Gasteiger partial charge in [-0.25, -0.2) is 4.85 Å². The number of hydrogen-bond donors (Lipinski definition) is 1. The van der Waals surface area contributed by atoms with Gasteiger partial charge < -0.3 is 5.32 Å². The van der Waals surface area contributed by atoms with Crippen LogP contribution >= 0.6 is 0 Å². The van der Waals surface area contributed by atoms with Crippen LogP contribution in [0, 0.1) is 12.0 Å². The van der Waals surface area contributed by atoms with E-state index in [2.05, 4.69) is 30.9 Å². The van der Waals surface area contributed by atoms with Gasteiger partial charge in [0.05, 0.1) is 6.57 Å². The molecule has 0 aliphatic carbocycles. The predicted octanol–water partition coefficient (Wildman–Crippen LogP) is 4.52. The number of allylic oxidation sites excluding steroid dienone is 1. The molecular weight excluding hydrogens is 260 g/mol. The Morgan fingerprint density at radius 3 is 1.90 bits per heavy atom. The quantitative estimate of drug-likeness (QED) is 0.796. The van der Waals surface area contributed by atoms with E-state index in [1.807, 2.05) is 32.9 Å². The Balaban J connectivity index is 3.05. The van der Waals surface area contributed by atoms with E-state index in [1.54, 1.807) is 18.3 Å². The first-order chi connectivity index (χ1) is 9.54. The van der Waals surface area contributed by atoms with E-state index < -0.39 is 0 Å². The molecule has 0 bridgehead atoms. The van der Waals surface area contributed by atoms with Crippen molar-refractivity contribution in [3.8, 4) is 0 Å². The van der Waals surface area contributed by atoms with E-state index in [0.717, 1.165) is 11.1 Å². The van der Waals surface area contributed by atoms with E-state index in [4.69, 9.17) is 6.57 Å². The molecule has 0 aliphatic rings. The second kappa shape index (κ2) is 6.13. The molecule has 112 valence electrons. The zero-order valence-corrected chi connectivity index (χ0v) is 13.7. The summed E-state index contributed by atoms with van der Waals surface area (Å²) in [6, 6.07) is 7.42. The minimum atomic E-state index is -0.254. The van der Waals surface area contributed by atoms with Crippen LogP contribution < -0.4 is 5.32 Å². The van der Waals surface area contributed by atoms with Crippen molar-refractivity contribution in [2.75, 3.05) is 0 Å². The van der Waals surface area contributed by atoms with Gasteiger partial charge in [-0.3, -0.25) is 4.79 Å². The first kappa shape index (κ1) is 17.0. The Labute approximate surface area is 127 Å². The molecule has 1 rings (SSSR count). The molecule has 0 aromatic heterocycles. The SMILES string of the molecule is [C-]#[N+]/C=C(/c1ccc(C(=O)NC(C)(C)C)cc1)C(C)(C)C. The van der Waals surface area contributed by atoms with Gasteiger partial charge in [-0.15, -0.1) is 0 Å². The fourth-order valence-electron chi connectivity index (χ4n) is 1.98. The fraction of sp³-hybridized carbons (Fsp3) is 0.444. The molecule has 1 amide bonds.